The summed E-state index contributed by atoms with van der Waals surface area (Å²) in [4.78, 5) is 0. The van der Waals surface area contributed by atoms with E-state index < -0.39 is 7.12 Å². The van der Waals surface area contributed by atoms with Gasteiger partial charge in [-0.2, -0.15) is 0 Å². The van der Waals surface area contributed by atoms with Crippen LogP contribution in [0, 0.1) is 0 Å². The summed E-state index contributed by atoms with van der Waals surface area (Å²) in [5.74, 6) is 0.770. The molecule has 3 rings (SSSR count). The fourth-order valence-electron chi connectivity index (χ4n) is 2.37. The summed E-state index contributed by atoms with van der Waals surface area (Å²) in [5, 5.41) is 9.91. The van der Waals surface area contributed by atoms with E-state index >= 15 is 0 Å². The van der Waals surface area contributed by atoms with Gasteiger partial charge in [0.15, 0.2) is 0 Å². The van der Waals surface area contributed by atoms with Gasteiger partial charge in [0, 0.05) is 5.56 Å². The van der Waals surface area contributed by atoms with Crippen molar-refractivity contribution >= 4 is 12.6 Å². The Morgan fingerprint density at radius 1 is 1.06 bits per heavy atom. The van der Waals surface area contributed by atoms with Gasteiger partial charge in [-0.1, -0.05) is 42.5 Å². The summed E-state index contributed by atoms with van der Waals surface area (Å²) in [6, 6.07) is 15.4. The predicted octanol–water partition coefficient (Wildman–Crippen LogP) is 1.50. The fourth-order valence-corrected chi connectivity index (χ4v) is 2.37. The molecule has 4 heteroatoms. The minimum atomic E-state index is -0.865. The Kier molecular flexibility index (Phi) is 2.82. The summed E-state index contributed by atoms with van der Waals surface area (Å²) >= 11 is 0. The molecule has 0 bridgehead atoms. The lowest BCUT2D eigenvalue weighted by atomic mass is 9.79. The minimum Gasteiger partial charge on any atom is -0.496 e. The molecule has 0 aromatic heterocycles. The molecule has 18 heavy (non-hydrogen) atoms. The van der Waals surface area contributed by atoms with Gasteiger partial charge in [-0.05, 0) is 17.1 Å². The third-order valence-electron chi connectivity index (χ3n) is 3.23. The maximum atomic E-state index is 9.91. The molecular weight excluding hydrogens is 227 g/mol. The Balaban J connectivity index is 2.09. The molecule has 1 atom stereocenters. The highest BCUT2D eigenvalue weighted by molar-refractivity contribution is 6.61. The van der Waals surface area contributed by atoms with Crippen molar-refractivity contribution in [2.75, 3.05) is 7.11 Å². The van der Waals surface area contributed by atoms with Crippen LogP contribution in [0.15, 0.2) is 48.5 Å². The molecule has 0 unspecified atom stereocenters. The zero-order valence-electron chi connectivity index (χ0n) is 10.0. The normalized spacial score (nSPS) is 17.7. The van der Waals surface area contributed by atoms with Crippen molar-refractivity contribution in [1.82, 2.24) is 0 Å². The first-order valence-electron chi connectivity index (χ1n) is 5.86. The monoisotopic (exact) mass is 240 g/mol. The van der Waals surface area contributed by atoms with E-state index in [2.05, 4.69) is 0 Å². The van der Waals surface area contributed by atoms with Crippen molar-refractivity contribution in [2.24, 2.45) is 0 Å². The maximum absolute atomic E-state index is 9.91. The highest BCUT2D eigenvalue weighted by atomic mass is 16.5. The summed E-state index contributed by atoms with van der Waals surface area (Å²) in [6.07, 6.45) is -0.271. The van der Waals surface area contributed by atoms with Crippen LogP contribution in [0.5, 0.6) is 5.75 Å². The number of para-hydroxylation sites is 1. The smallest absolute Gasteiger partial charge is 0.492 e. The number of hydrogen-bond donors (Lipinski definition) is 1. The molecule has 0 spiro atoms. The van der Waals surface area contributed by atoms with Crippen LogP contribution in [0.3, 0.4) is 0 Å². The van der Waals surface area contributed by atoms with Crippen molar-refractivity contribution in [3.63, 3.8) is 0 Å². The first kappa shape index (κ1) is 11.3. The quantitative estimate of drug-likeness (QED) is 0.808. The zero-order chi connectivity index (χ0) is 12.5. The molecule has 0 radical (unpaired) electrons. The second kappa shape index (κ2) is 4.48. The Labute approximate surface area is 106 Å². The molecule has 0 saturated carbocycles. The van der Waals surface area contributed by atoms with Gasteiger partial charge < -0.3 is 14.4 Å². The molecule has 1 N–H and O–H groups in total. The molecule has 1 heterocycles. The molecule has 1 aliphatic heterocycles. The summed E-state index contributed by atoms with van der Waals surface area (Å²) in [5.41, 5.74) is 2.76. The van der Waals surface area contributed by atoms with E-state index in [0.717, 1.165) is 22.3 Å². The van der Waals surface area contributed by atoms with E-state index in [0.29, 0.717) is 0 Å². The average molecular weight is 240 g/mol. The highest BCUT2D eigenvalue weighted by Gasteiger charge is 2.36. The Morgan fingerprint density at radius 2 is 1.72 bits per heavy atom. The zero-order valence-corrected chi connectivity index (χ0v) is 10.0. The molecule has 0 saturated heterocycles. The van der Waals surface area contributed by atoms with Crippen LogP contribution < -0.4 is 10.2 Å². The largest absolute Gasteiger partial charge is 0.496 e. The van der Waals surface area contributed by atoms with Gasteiger partial charge in [0.05, 0.1) is 13.2 Å². The molecule has 0 amide bonds. The Bertz CT molecular complexity index is 570. The Hall–Kier alpha value is -1.78. The van der Waals surface area contributed by atoms with Crippen molar-refractivity contribution < 1.29 is 14.4 Å². The topological polar surface area (TPSA) is 38.7 Å². The van der Waals surface area contributed by atoms with Crippen molar-refractivity contribution in [3.8, 4) is 5.75 Å². The number of ether oxygens (including phenoxy) is 1. The predicted molar refractivity (Wildman–Crippen MR) is 70.0 cm³/mol. The molecule has 1 aliphatic rings. The van der Waals surface area contributed by atoms with E-state index in [1.165, 1.54) is 0 Å². The van der Waals surface area contributed by atoms with Gasteiger partial charge in [-0.25, -0.2) is 0 Å². The maximum Gasteiger partial charge on any atom is 0.492 e. The lowest BCUT2D eigenvalue weighted by Gasteiger charge is -2.16. The molecule has 90 valence electrons. The van der Waals surface area contributed by atoms with Crippen LogP contribution >= 0.6 is 0 Å². The van der Waals surface area contributed by atoms with Gasteiger partial charge in [-0.15, -0.1) is 0 Å². The number of rotatable bonds is 2. The molecule has 2 aromatic rings. The van der Waals surface area contributed by atoms with E-state index in [1.54, 1.807) is 7.11 Å². The summed E-state index contributed by atoms with van der Waals surface area (Å²) < 4.78 is 11.0. The van der Waals surface area contributed by atoms with Gasteiger partial charge in [0.1, 0.15) is 5.75 Å². The third kappa shape index (κ3) is 1.70. The van der Waals surface area contributed by atoms with E-state index in [1.807, 2.05) is 48.5 Å². The van der Waals surface area contributed by atoms with E-state index in [-0.39, 0.29) is 6.10 Å². The highest BCUT2D eigenvalue weighted by Crippen LogP contribution is 2.35. The average Bonchev–Trinajstić information content (AvgIpc) is 2.77. The Morgan fingerprint density at radius 3 is 2.50 bits per heavy atom. The van der Waals surface area contributed by atoms with E-state index in [9.17, 15) is 5.02 Å². The lowest BCUT2D eigenvalue weighted by Crippen LogP contribution is -2.27. The molecule has 2 aromatic carbocycles. The van der Waals surface area contributed by atoms with Crippen molar-refractivity contribution in [1.29, 1.82) is 0 Å². The van der Waals surface area contributed by atoms with Gasteiger partial charge in [-0.3, -0.25) is 0 Å². The summed E-state index contributed by atoms with van der Waals surface area (Å²) in [6.45, 7) is 0. The number of fused-ring (bicyclic) bond motifs is 1. The van der Waals surface area contributed by atoms with Crippen LogP contribution in [0.2, 0.25) is 0 Å². The third-order valence-corrected chi connectivity index (χ3v) is 3.23. The van der Waals surface area contributed by atoms with Crippen LogP contribution in [0.25, 0.3) is 0 Å². The molecular formula is C14H13BO3. The standard InChI is InChI=1S/C14H13BO3/c1-17-13-9-5-3-7-11(13)14-10-6-2-4-8-12(10)15(16)18-14/h2-9,14,16H,1H3/t14-/m0/s1. The second-order valence-electron chi connectivity index (χ2n) is 4.24. The first-order valence-corrected chi connectivity index (χ1v) is 5.86. The summed E-state index contributed by atoms with van der Waals surface area (Å²) in [7, 11) is 0.770. The number of methoxy groups -OCH3 is 1. The molecule has 0 fully saturated rings. The van der Waals surface area contributed by atoms with Crippen LogP contribution in [0.1, 0.15) is 17.2 Å². The van der Waals surface area contributed by atoms with Gasteiger partial charge in [0.2, 0.25) is 0 Å². The van der Waals surface area contributed by atoms with Crippen LogP contribution in [-0.2, 0) is 4.65 Å². The van der Waals surface area contributed by atoms with Crippen LogP contribution in [0.4, 0.5) is 0 Å². The number of benzene rings is 2. The van der Waals surface area contributed by atoms with Crippen molar-refractivity contribution in [2.45, 2.75) is 6.10 Å². The van der Waals surface area contributed by atoms with Crippen molar-refractivity contribution in [3.05, 3.63) is 59.7 Å². The molecule has 3 nitrogen and oxygen atoms in total. The first-order chi connectivity index (χ1) is 8.81. The lowest BCUT2D eigenvalue weighted by molar-refractivity contribution is 0.221. The number of hydrogen-bond acceptors (Lipinski definition) is 3. The molecule has 0 aliphatic carbocycles. The van der Waals surface area contributed by atoms with E-state index in [4.69, 9.17) is 9.39 Å². The van der Waals surface area contributed by atoms with Gasteiger partial charge in [0.25, 0.3) is 0 Å². The van der Waals surface area contributed by atoms with Crippen LogP contribution in [-0.4, -0.2) is 19.3 Å². The second-order valence-corrected chi connectivity index (χ2v) is 4.24. The minimum absolute atomic E-state index is 0.271. The van der Waals surface area contributed by atoms with Gasteiger partial charge >= 0.3 is 7.12 Å². The fraction of sp³-hybridized carbons (Fsp3) is 0.143. The SMILES string of the molecule is COc1ccccc1[C@H]1OB(O)c2ccccc21.